The van der Waals surface area contributed by atoms with Crippen molar-refractivity contribution in [1.82, 2.24) is 0 Å². The minimum absolute atomic E-state index is 0. The van der Waals surface area contributed by atoms with Gasteiger partial charge in [0.25, 0.3) is 0 Å². The fraction of sp³-hybridized carbons (Fsp3) is 0.533. The second kappa shape index (κ2) is 6.48. The number of halogens is 3. The molecule has 1 fully saturated rings. The smallest absolute Gasteiger partial charge is 0.245 e. The van der Waals surface area contributed by atoms with Crippen LogP contribution in [0.3, 0.4) is 0 Å². The fourth-order valence-corrected chi connectivity index (χ4v) is 2.69. The van der Waals surface area contributed by atoms with Gasteiger partial charge >= 0.3 is 0 Å². The molecule has 0 heterocycles. The van der Waals surface area contributed by atoms with Crippen LogP contribution >= 0.6 is 12.4 Å². The third-order valence-corrected chi connectivity index (χ3v) is 4.36. The van der Waals surface area contributed by atoms with Gasteiger partial charge in [-0.05, 0) is 19.1 Å². The molecule has 2 rings (SSSR count). The highest BCUT2D eigenvalue weighted by atomic mass is 35.5. The summed E-state index contributed by atoms with van der Waals surface area (Å²) in [5, 5.41) is 2.48. The van der Waals surface area contributed by atoms with Crippen LogP contribution in [0.25, 0.3) is 0 Å². The Morgan fingerprint density at radius 1 is 1.36 bits per heavy atom. The van der Waals surface area contributed by atoms with Crippen LogP contribution in [-0.2, 0) is 9.53 Å². The van der Waals surface area contributed by atoms with Gasteiger partial charge in [-0.2, -0.15) is 0 Å². The van der Waals surface area contributed by atoms with Gasteiger partial charge in [-0.3, -0.25) is 4.79 Å². The molecular formula is C15H21ClF2N2O2. The third kappa shape index (κ3) is 3.09. The van der Waals surface area contributed by atoms with E-state index in [1.165, 1.54) is 0 Å². The number of ether oxygens (including phenoxy) is 1. The highest BCUT2D eigenvalue weighted by Crippen LogP contribution is 2.50. The molecule has 0 radical (unpaired) electrons. The van der Waals surface area contributed by atoms with Crippen molar-refractivity contribution >= 4 is 24.0 Å². The molecule has 3 N–H and O–H groups in total. The van der Waals surface area contributed by atoms with E-state index < -0.39 is 28.5 Å². The average Bonchev–Trinajstić information content (AvgIpc) is 2.36. The summed E-state index contributed by atoms with van der Waals surface area (Å²) in [6, 6.07) is 2.85. The third-order valence-electron chi connectivity index (χ3n) is 4.36. The van der Waals surface area contributed by atoms with Crippen LogP contribution in [0.1, 0.15) is 27.2 Å². The summed E-state index contributed by atoms with van der Waals surface area (Å²) in [6.45, 7) is 6.12. The molecule has 2 unspecified atom stereocenters. The Morgan fingerprint density at radius 3 is 2.36 bits per heavy atom. The molecule has 0 saturated heterocycles. The van der Waals surface area contributed by atoms with Crippen molar-refractivity contribution in [2.24, 2.45) is 11.1 Å². The molecule has 22 heavy (non-hydrogen) atoms. The molecule has 4 nitrogen and oxygen atoms in total. The Labute approximate surface area is 134 Å². The zero-order valence-electron chi connectivity index (χ0n) is 12.8. The first-order valence-corrected chi connectivity index (χ1v) is 6.88. The zero-order chi connectivity index (χ0) is 15.8. The molecule has 1 aliphatic carbocycles. The lowest BCUT2D eigenvalue weighted by atomic mass is 9.54. The van der Waals surface area contributed by atoms with Crippen LogP contribution in [0.2, 0.25) is 0 Å². The SMILES string of the molecule is CCOC1CC(N)(C(=O)Nc2cc(F)cc(F)c2)C1(C)C.Cl. The second-order valence-corrected chi connectivity index (χ2v) is 5.95. The van der Waals surface area contributed by atoms with Gasteiger partial charge in [0.05, 0.1) is 6.10 Å². The van der Waals surface area contributed by atoms with Crippen LogP contribution in [-0.4, -0.2) is 24.2 Å². The number of carbonyl (C=O) groups is 1. The maximum absolute atomic E-state index is 13.1. The van der Waals surface area contributed by atoms with E-state index in [9.17, 15) is 13.6 Å². The maximum Gasteiger partial charge on any atom is 0.245 e. The van der Waals surface area contributed by atoms with Crippen LogP contribution in [0.5, 0.6) is 0 Å². The van der Waals surface area contributed by atoms with Crippen molar-refractivity contribution in [3.63, 3.8) is 0 Å². The van der Waals surface area contributed by atoms with Gasteiger partial charge in [0, 0.05) is 30.2 Å². The van der Waals surface area contributed by atoms with Gasteiger partial charge in [0.15, 0.2) is 0 Å². The summed E-state index contributed by atoms with van der Waals surface area (Å²) >= 11 is 0. The molecule has 2 atom stereocenters. The topological polar surface area (TPSA) is 64.3 Å². The summed E-state index contributed by atoms with van der Waals surface area (Å²) in [5.41, 5.74) is 4.56. The molecule has 1 aromatic rings. The van der Waals surface area contributed by atoms with E-state index in [1.54, 1.807) is 0 Å². The molecule has 0 bridgehead atoms. The molecule has 0 aromatic heterocycles. The van der Waals surface area contributed by atoms with Crippen LogP contribution in [0, 0.1) is 17.0 Å². The molecule has 0 aliphatic heterocycles. The predicted octanol–water partition coefficient (Wildman–Crippen LogP) is 2.86. The molecular weight excluding hydrogens is 314 g/mol. The maximum atomic E-state index is 13.1. The van der Waals surface area contributed by atoms with Crippen molar-refractivity contribution in [1.29, 1.82) is 0 Å². The number of nitrogens with two attached hydrogens (primary N) is 1. The van der Waals surface area contributed by atoms with Gasteiger partial charge in [0.2, 0.25) is 5.91 Å². The van der Waals surface area contributed by atoms with Crippen molar-refractivity contribution in [3.05, 3.63) is 29.8 Å². The first-order chi connectivity index (χ1) is 9.70. The van der Waals surface area contributed by atoms with Crippen molar-refractivity contribution < 1.29 is 18.3 Å². The van der Waals surface area contributed by atoms with E-state index >= 15 is 0 Å². The highest BCUT2D eigenvalue weighted by Gasteiger charge is 2.62. The number of hydrogen-bond donors (Lipinski definition) is 2. The lowest BCUT2D eigenvalue weighted by Gasteiger charge is -2.57. The number of rotatable bonds is 4. The molecule has 1 aromatic carbocycles. The van der Waals surface area contributed by atoms with Crippen molar-refractivity contribution in [3.8, 4) is 0 Å². The first kappa shape index (κ1) is 18.8. The number of nitrogens with one attached hydrogen (secondary N) is 1. The van der Waals surface area contributed by atoms with E-state index in [2.05, 4.69) is 5.32 Å². The van der Waals surface area contributed by atoms with Gasteiger partial charge in [-0.15, -0.1) is 12.4 Å². The Morgan fingerprint density at radius 2 is 1.91 bits per heavy atom. The van der Waals surface area contributed by atoms with E-state index in [0.29, 0.717) is 13.0 Å². The highest BCUT2D eigenvalue weighted by molar-refractivity contribution is 5.99. The molecule has 0 spiro atoms. The number of benzene rings is 1. The summed E-state index contributed by atoms with van der Waals surface area (Å²) < 4.78 is 31.8. The molecule has 1 saturated carbocycles. The Balaban J connectivity index is 0.00000242. The van der Waals surface area contributed by atoms with Gasteiger partial charge in [0.1, 0.15) is 17.2 Å². The molecule has 7 heteroatoms. The molecule has 1 amide bonds. The molecule has 124 valence electrons. The Kier molecular flexibility index (Phi) is 5.54. The predicted molar refractivity (Wildman–Crippen MR) is 83.0 cm³/mol. The Bertz CT molecular complexity index is 548. The zero-order valence-corrected chi connectivity index (χ0v) is 13.6. The minimum atomic E-state index is -1.13. The van der Waals surface area contributed by atoms with Crippen LogP contribution in [0.15, 0.2) is 18.2 Å². The molecule has 1 aliphatic rings. The lowest BCUT2D eigenvalue weighted by Crippen LogP contribution is -2.74. The standard InChI is InChI=1S/C15H20F2N2O2.ClH/c1-4-21-12-8-15(18,14(12,2)3)13(20)19-11-6-9(16)5-10(17)7-11;/h5-7,12H,4,8,18H2,1-3H3,(H,19,20);1H. The van der Waals surface area contributed by atoms with E-state index in [0.717, 1.165) is 18.2 Å². The van der Waals surface area contributed by atoms with E-state index in [4.69, 9.17) is 10.5 Å². The second-order valence-electron chi connectivity index (χ2n) is 5.95. The number of hydrogen-bond acceptors (Lipinski definition) is 3. The first-order valence-electron chi connectivity index (χ1n) is 6.88. The average molecular weight is 335 g/mol. The van der Waals surface area contributed by atoms with Gasteiger partial charge < -0.3 is 15.8 Å². The summed E-state index contributed by atoms with van der Waals surface area (Å²) in [6.07, 6.45) is 0.264. The van der Waals surface area contributed by atoms with E-state index in [-0.39, 0.29) is 24.2 Å². The lowest BCUT2D eigenvalue weighted by molar-refractivity contribution is -0.166. The summed E-state index contributed by atoms with van der Waals surface area (Å²) in [4.78, 5) is 12.4. The Hall–Kier alpha value is -1.24. The quantitative estimate of drug-likeness (QED) is 0.890. The number of anilines is 1. The summed E-state index contributed by atoms with van der Waals surface area (Å²) in [5.74, 6) is -1.97. The number of carbonyl (C=O) groups excluding carboxylic acids is 1. The normalized spacial score (nSPS) is 25.8. The monoisotopic (exact) mass is 334 g/mol. The van der Waals surface area contributed by atoms with Gasteiger partial charge in [-0.1, -0.05) is 13.8 Å². The largest absolute Gasteiger partial charge is 0.378 e. The van der Waals surface area contributed by atoms with Gasteiger partial charge in [-0.25, -0.2) is 8.78 Å². The van der Waals surface area contributed by atoms with Crippen LogP contribution in [0.4, 0.5) is 14.5 Å². The fourth-order valence-electron chi connectivity index (χ4n) is 2.69. The van der Waals surface area contributed by atoms with Crippen molar-refractivity contribution in [2.45, 2.75) is 38.8 Å². The van der Waals surface area contributed by atoms with E-state index in [1.807, 2.05) is 20.8 Å². The minimum Gasteiger partial charge on any atom is -0.378 e. The number of amides is 1. The van der Waals surface area contributed by atoms with Crippen molar-refractivity contribution in [2.75, 3.05) is 11.9 Å². The van der Waals surface area contributed by atoms with Crippen LogP contribution < -0.4 is 11.1 Å². The summed E-state index contributed by atoms with van der Waals surface area (Å²) in [7, 11) is 0.